The molecule has 0 fully saturated rings. The molecule has 4 heteroatoms. The minimum Gasteiger partial charge on any atom is -0.497 e. The molecule has 0 aliphatic heterocycles. The highest BCUT2D eigenvalue weighted by molar-refractivity contribution is 5.30. The Bertz CT molecular complexity index is 578. The zero-order valence-corrected chi connectivity index (χ0v) is 10.2. The van der Waals surface area contributed by atoms with Gasteiger partial charge in [-0.1, -0.05) is 18.2 Å². The van der Waals surface area contributed by atoms with Crippen molar-refractivity contribution in [3.8, 4) is 5.75 Å². The van der Waals surface area contributed by atoms with Gasteiger partial charge in [-0.25, -0.2) is 0 Å². The van der Waals surface area contributed by atoms with E-state index in [1.165, 1.54) is 6.07 Å². The van der Waals surface area contributed by atoms with E-state index in [2.05, 4.69) is 0 Å². The predicted octanol–water partition coefficient (Wildman–Crippen LogP) is 1.56. The van der Waals surface area contributed by atoms with E-state index in [1.807, 2.05) is 30.3 Å². The molecule has 0 saturated carbocycles. The van der Waals surface area contributed by atoms with Crippen LogP contribution in [0.3, 0.4) is 0 Å². The van der Waals surface area contributed by atoms with Crippen molar-refractivity contribution in [3.63, 3.8) is 0 Å². The molecule has 1 atom stereocenters. The van der Waals surface area contributed by atoms with Crippen molar-refractivity contribution >= 4 is 0 Å². The van der Waals surface area contributed by atoms with Gasteiger partial charge in [0.25, 0.3) is 5.56 Å². The molecule has 2 aromatic rings. The molecule has 0 saturated heterocycles. The van der Waals surface area contributed by atoms with Crippen LogP contribution in [0.4, 0.5) is 0 Å². The molecule has 0 amide bonds. The second-order valence-corrected chi connectivity index (χ2v) is 4.07. The molecule has 18 heavy (non-hydrogen) atoms. The largest absolute Gasteiger partial charge is 0.497 e. The zero-order valence-electron chi connectivity index (χ0n) is 10.2. The molecular formula is C14H16N2O2. The van der Waals surface area contributed by atoms with Crippen molar-refractivity contribution in [2.45, 2.75) is 12.6 Å². The van der Waals surface area contributed by atoms with Gasteiger partial charge in [0.1, 0.15) is 5.75 Å². The molecule has 1 aromatic carbocycles. The quantitative estimate of drug-likeness (QED) is 0.888. The Morgan fingerprint density at radius 3 is 2.83 bits per heavy atom. The fourth-order valence-electron chi connectivity index (χ4n) is 1.80. The number of nitrogens with two attached hydrogens (primary N) is 1. The molecule has 0 aliphatic rings. The number of hydrogen-bond acceptors (Lipinski definition) is 3. The number of aromatic nitrogens is 1. The van der Waals surface area contributed by atoms with Crippen LogP contribution in [0.2, 0.25) is 0 Å². The lowest BCUT2D eigenvalue weighted by Gasteiger charge is -2.14. The summed E-state index contributed by atoms with van der Waals surface area (Å²) in [6.07, 6.45) is 1.74. The van der Waals surface area contributed by atoms with Gasteiger partial charge in [-0.3, -0.25) is 4.79 Å². The third-order valence-electron chi connectivity index (χ3n) is 2.81. The Morgan fingerprint density at radius 1 is 1.28 bits per heavy atom. The van der Waals surface area contributed by atoms with Crippen LogP contribution in [0.5, 0.6) is 5.75 Å². The van der Waals surface area contributed by atoms with Crippen molar-refractivity contribution in [2.75, 3.05) is 7.11 Å². The highest BCUT2D eigenvalue weighted by atomic mass is 16.5. The summed E-state index contributed by atoms with van der Waals surface area (Å²) in [4.78, 5) is 11.6. The van der Waals surface area contributed by atoms with E-state index in [0.717, 1.165) is 11.3 Å². The second kappa shape index (κ2) is 5.51. The SMILES string of the molecule is COc1cccc(C(N)Cn2ccccc2=O)c1. The minimum absolute atomic E-state index is 0.0455. The summed E-state index contributed by atoms with van der Waals surface area (Å²) in [7, 11) is 1.62. The topological polar surface area (TPSA) is 57.2 Å². The lowest BCUT2D eigenvalue weighted by molar-refractivity contribution is 0.413. The van der Waals surface area contributed by atoms with E-state index in [-0.39, 0.29) is 11.6 Å². The number of hydrogen-bond donors (Lipinski definition) is 1. The third kappa shape index (κ3) is 2.78. The molecule has 1 heterocycles. The molecule has 0 bridgehead atoms. The first kappa shape index (κ1) is 12.4. The van der Waals surface area contributed by atoms with E-state index in [1.54, 1.807) is 23.9 Å². The normalized spacial score (nSPS) is 12.1. The molecule has 2 N–H and O–H groups in total. The van der Waals surface area contributed by atoms with Gasteiger partial charge in [0.05, 0.1) is 7.11 Å². The number of pyridine rings is 1. The molecule has 1 aromatic heterocycles. The Balaban J connectivity index is 2.19. The monoisotopic (exact) mass is 244 g/mol. The summed E-state index contributed by atoms with van der Waals surface area (Å²) in [5.41, 5.74) is 7.01. The van der Waals surface area contributed by atoms with Gasteiger partial charge in [-0.2, -0.15) is 0 Å². The summed E-state index contributed by atoms with van der Waals surface area (Å²) in [5.74, 6) is 0.767. The van der Waals surface area contributed by atoms with Crippen molar-refractivity contribution in [2.24, 2.45) is 5.73 Å². The summed E-state index contributed by atoms with van der Waals surface area (Å²) in [5, 5.41) is 0. The standard InChI is InChI=1S/C14H16N2O2/c1-18-12-6-4-5-11(9-12)13(15)10-16-8-3-2-7-14(16)17/h2-9,13H,10,15H2,1H3. The van der Waals surface area contributed by atoms with Gasteiger partial charge in [-0.05, 0) is 23.8 Å². The van der Waals surface area contributed by atoms with Crippen molar-refractivity contribution in [1.82, 2.24) is 4.57 Å². The summed E-state index contributed by atoms with van der Waals surface area (Å²) >= 11 is 0. The van der Waals surface area contributed by atoms with E-state index < -0.39 is 0 Å². The van der Waals surface area contributed by atoms with Crippen molar-refractivity contribution < 1.29 is 4.74 Å². The maximum absolute atomic E-state index is 11.6. The number of ether oxygens (including phenoxy) is 1. The fraction of sp³-hybridized carbons (Fsp3) is 0.214. The fourth-order valence-corrected chi connectivity index (χ4v) is 1.80. The maximum atomic E-state index is 11.6. The van der Waals surface area contributed by atoms with E-state index in [9.17, 15) is 4.79 Å². The maximum Gasteiger partial charge on any atom is 0.250 e. The van der Waals surface area contributed by atoms with Gasteiger partial charge in [-0.15, -0.1) is 0 Å². The first-order valence-corrected chi connectivity index (χ1v) is 5.75. The summed E-state index contributed by atoms with van der Waals surface area (Å²) in [6, 6.07) is 12.4. The molecule has 1 unspecified atom stereocenters. The van der Waals surface area contributed by atoms with E-state index in [0.29, 0.717) is 6.54 Å². The average Bonchev–Trinajstić information content (AvgIpc) is 2.41. The van der Waals surface area contributed by atoms with Gasteiger partial charge < -0.3 is 15.0 Å². The molecular weight excluding hydrogens is 228 g/mol. The van der Waals surface area contributed by atoms with Crippen LogP contribution in [-0.4, -0.2) is 11.7 Å². The van der Waals surface area contributed by atoms with Crippen LogP contribution in [0.15, 0.2) is 53.5 Å². The third-order valence-corrected chi connectivity index (χ3v) is 2.81. The Hall–Kier alpha value is -2.07. The molecule has 4 nitrogen and oxygen atoms in total. The zero-order chi connectivity index (χ0) is 13.0. The first-order valence-electron chi connectivity index (χ1n) is 5.75. The van der Waals surface area contributed by atoms with Crippen LogP contribution in [0, 0.1) is 0 Å². The Morgan fingerprint density at radius 2 is 2.11 bits per heavy atom. The highest BCUT2D eigenvalue weighted by Crippen LogP contribution is 2.18. The predicted molar refractivity (Wildman–Crippen MR) is 70.6 cm³/mol. The summed E-state index contributed by atoms with van der Waals surface area (Å²) < 4.78 is 6.76. The van der Waals surface area contributed by atoms with Crippen LogP contribution in [-0.2, 0) is 6.54 Å². The highest BCUT2D eigenvalue weighted by Gasteiger charge is 2.08. The van der Waals surface area contributed by atoms with Gasteiger partial charge in [0, 0.05) is 24.8 Å². The number of benzene rings is 1. The summed E-state index contributed by atoms with van der Waals surface area (Å²) in [6.45, 7) is 0.451. The van der Waals surface area contributed by atoms with E-state index in [4.69, 9.17) is 10.5 Å². The van der Waals surface area contributed by atoms with Crippen LogP contribution >= 0.6 is 0 Å². The Kier molecular flexibility index (Phi) is 3.79. The smallest absolute Gasteiger partial charge is 0.250 e. The number of rotatable bonds is 4. The number of methoxy groups -OCH3 is 1. The van der Waals surface area contributed by atoms with Crippen molar-refractivity contribution in [1.29, 1.82) is 0 Å². The number of nitrogens with zero attached hydrogens (tertiary/aromatic N) is 1. The lowest BCUT2D eigenvalue weighted by Crippen LogP contribution is -2.25. The molecule has 0 aliphatic carbocycles. The second-order valence-electron chi connectivity index (χ2n) is 4.07. The molecule has 0 spiro atoms. The first-order chi connectivity index (χ1) is 8.70. The Labute approximate surface area is 106 Å². The van der Waals surface area contributed by atoms with E-state index >= 15 is 0 Å². The van der Waals surface area contributed by atoms with Gasteiger partial charge in [0.15, 0.2) is 0 Å². The van der Waals surface area contributed by atoms with Gasteiger partial charge >= 0.3 is 0 Å². The van der Waals surface area contributed by atoms with Gasteiger partial charge in [0.2, 0.25) is 0 Å². The molecule has 94 valence electrons. The van der Waals surface area contributed by atoms with Crippen LogP contribution in [0.1, 0.15) is 11.6 Å². The lowest BCUT2D eigenvalue weighted by atomic mass is 10.1. The van der Waals surface area contributed by atoms with Crippen LogP contribution in [0.25, 0.3) is 0 Å². The molecule has 0 radical (unpaired) electrons. The van der Waals surface area contributed by atoms with Crippen LogP contribution < -0.4 is 16.0 Å². The molecule has 2 rings (SSSR count). The van der Waals surface area contributed by atoms with Crippen molar-refractivity contribution in [3.05, 3.63) is 64.6 Å². The average molecular weight is 244 g/mol. The minimum atomic E-state index is -0.236.